The lowest BCUT2D eigenvalue weighted by molar-refractivity contribution is -0.155. The second-order valence-electron chi connectivity index (χ2n) is 4.78. The molecule has 2 aromatic heterocycles. The van der Waals surface area contributed by atoms with Crippen LogP contribution in [0.1, 0.15) is 12.7 Å². The minimum Gasteiger partial charge on any atom is -0.394 e. The van der Waals surface area contributed by atoms with Crippen molar-refractivity contribution in [3.63, 3.8) is 0 Å². The summed E-state index contributed by atoms with van der Waals surface area (Å²) in [5, 5.41) is 35.2. The van der Waals surface area contributed by atoms with Gasteiger partial charge in [0.25, 0.3) is 0 Å². The van der Waals surface area contributed by atoms with Crippen LogP contribution in [-0.4, -0.2) is 71.1 Å². The molecule has 0 aliphatic heterocycles. The van der Waals surface area contributed by atoms with Gasteiger partial charge in [-0.3, -0.25) is 0 Å². The Balaban J connectivity index is 0.000000220. The number of nitrogens with one attached hydrogen (secondary N) is 1. The van der Waals surface area contributed by atoms with Crippen LogP contribution in [0.5, 0.6) is 0 Å². The Morgan fingerprint density at radius 2 is 2.09 bits per heavy atom. The van der Waals surface area contributed by atoms with Gasteiger partial charge >= 0.3 is 0 Å². The van der Waals surface area contributed by atoms with Gasteiger partial charge in [0.05, 0.1) is 6.61 Å². The molecule has 7 N–H and O–H groups in total. The molecule has 122 valence electrons. The van der Waals surface area contributed by atoms with Gasteiger partial charge in [-0.15, -0.1) is 0 Å². The molecule has 0 amide bonds. The number of nitrogens with two attached hydrogens (primary N) is 1. The fourth-order valence-corrected chi connectivity index (χ4v) is 1.48. The molecular weight excluding hydrogens is 294 g/mol. The molecule has 0 aromatic carbocycles. The summed E-state index contributed by atoms with van der Waals surface area (Å²) in [6, 6.07) is 0. The van der Waals surface area contributed by atoms with Crippen LogP contribution < -0.4 is 5.73 Å². The Kier molecular flexibility index (Phi) is 5.88. The van der Waals surface area contributed by atoms with Crippen LogP contribution in [0.2, 0.25) is 0 Å². The lowest BCUT2D eigenvalue weighted by Gasteiger charge is -2.29. The number of aryl methyl sites for hydroxylation is 1. The summed E-state index contributed by atoms with van der Waals surface area (Å²) < 4.78 is 0. The number of carbonyl (C=O) groups excluding carboxylic acids is 1. The van der Waals surface area contributed by atoms with Gasteiger partial charge in [-0.2, -0.15) is 0 Å². The average molecular weight is 313 g/mol. The van der Waals surface area contributed by atoms with E-state index in [1.54, 1.807) is 0 Å². The Morgan fingerprint density at radius 1 is 1.45 bits per heavy atom. The van der Waals surface area contributed by atoms with Crippen LogP contribution in [0.3, 0.4) is 0 Å². The number of aromatic amines is 1. The summed E-state index contributed by atoms with van der Waals surface area (Å²) in [6.07, 6.45) is -1.72. The monoisotopic (exact) mass is 313 g/mol. The molecule has 10 heteroatoms. The molecular formula is C12H19N5O5. The molecule has 0 bridgehead atoms. The topological polar surface area (TPSA) is 178 Å². The number of aromatic nitrogens is 4. The van der Waals surface area contributed by atoms with E-state index in [4.69, 9.17) is 26.2 Å². The van der Waals surface area contributed by atoms with Crippen molar-refractivity contribution in [2.45, 2.75) is 31.7 Å². The predicted molar refractivity (Wildman–Crippen MR) is 76.6 cm³/mol. The van der Waals surface area contributed by atoms with E-state index in [-0.39, 0.29) is 6.29 Å². The van der Waals surface area contributed by atoms with E-state index in [0.29, 0.717) is 17.0 Å². The summed E-state index contributed by atoms with van der Waals surface area (Å²) in [7, 11) is 0. The summed E-state index contributed by atoms with van der Waals surface area (Å²) in [4.78, 5) is 24.8. The SMILES string of the molecule is CC(O)(C(O)C=O)C(O)CO.Cc1nc2ncnc(N)c2[nH]1. The number of carbonyl (C=O) groups is 1. The zero-order chi connectivity index (χ0) is 16.9. The summed E-state index contributed by atoms with van der Waals surface area (Å²) in [6.45, 7) is 2.20. The normalized spacial score (nSPS) is 16.3. The van der Waals surface area contributed by atoms with E-state index in [1.807, 2.05) is 6.92 Å². The molecule has 2 aromatic rings. The van der Waals surface area contributed by atoms with Crippen LogP contribution in [-0.2, 0) is 4.79 Å². The van der Waals surface area contributed by atoms with Gasteiger partial charge in [0, 0.05) is 0 Å². The number of anilines is 1. The first-order chi connectivity index (χ1) is 10.2. The first kappa shape index (κ1) is 17.9. The molecule has 2 heterocycles. The first-order valence-corrected chi connectivity index (χ1v) is 6.31. The third kappa shape index (κ3) is 3.95. The second-order valence-corrected chi connectivity index (χ2v) is 4.78. The van der Waals surface area contributed by atoms with Crippen LogP contribution in [0.25, 0.3) is 11.2 Å². The molecule has 0 saturated carbocycles. The molecule has 0 radical (unpaired) electrons. The number of hydrogen-bond donors (Lipinski definition) is 6. The summed E-state index contributed by atoms with van der Waals surface area (Å²) in [5.41, 5.74) is 4.89. The molecule has 0 aliphatic carbocycles. The highest BCUT2D eigenvalue weighted by atomic mass is 16.4. The fourth-order valence-electron chi connectivity index (χ4n) is 1.48. The number of rotatable bonds is 4. The van der Waals surface area contributed by atoms with Gasteiger partial charge < -0.3 is 35.9 Å². The van der Waals surface area contributed by atoms with Crippen molar-refractivity contribution in [3.8, 4) is 0 Å². The number of H-pyrrole nitrogens is 1. The predicted octanol–water partition coefficient (Wildman–Crippen LogP) is -2.11. The molecule has 22 heavy (non-hydrogen) atoms. The van der Waals surface area contributed by atoms with Gasteiger partial charge in [-0.25, -0.2) is 15.0 Å². The van der Waals surface area contributed by atoms with E-state index >= 15 is 0 Å². The smallest absolute Gasteiger partial charge is 0.183 e. The number of hydrogen-bond acceptors (Lipinski definition) is 9. The van der Waals surface area contributed by atoms with Gasteiger partial charge in [-0.05, 0) is 13.8 Å². The molecule has 0 aliphatic rings. The second kappa shape index (κ2) is 7.22. The largest absolute Gasteiger partial charge is 0.394 e. The van der Waals surface area contributed by atoms with Crippen LogP contribution >= 0.6 is 0 Å². The number of aliphatic hydroxyl groups excluding tert-OH is 3. The molecule has 10 nitrogen and oxygen atoms in total. The van der Waals surface area contributed by atoms with Crippen molar-refractivity contribution in [1.29, 1.82) is 0 Å². The molecule has 0 spiro atoms. The third-order valence-electron chi connectivity index (χ3n) is 3.01. The van der Waals surface area contributed by atoms with Gasteiger partial charge in [0.1, 0.15) is 35.5 Å². The van der Waals surface area contributed by atoms with Crippen LogP contribution in [0.15, 0.2) is 6.33 Å². The standard InChI is InChI=1S/C6H7N5.C6H12O5/c1-3-10-4-5(7)8-2-9-6(4)11-3;1-6(11,4(9)2-7)5(10)3-8/h2H,1H3,(H3,7,8,9,10,11);2,4-5,8-11H,3H2,1H3. The molecule has 3 atom stereocenters. The van der Waals surface area contributed by atoms with Crippen molar-refractivity contribution in [2.24, 2.45) is 0 Å². The molecule has 0 fully saturated rings. The minimum absolute atomic E-state index is 0.0961. The average Bonchev–Trinajstić information content (AvgIpc) is 2.88. The summed E-state index contributed by atoms with van der Waals surface area (Å²) >= 11 is 0. The number of fused-ring (bicyclic) bond motifs is 1. The Morgan fingerprint density at radius 3 is 2.59 bits per heavy atom. The van der Waals surface area contributed by atoms with Gasteiger partial charge in [0.15, 0.2) is 17.8 Å². The van der Waals surface area contributed by atoms with Crippen molar-refractivity contribution >= 4 is 23.3 Å². The third-order valence-corrected chi connectivity index (χ3v) is 3.01. The minimum atomic E-state index is -1.99. The van der Waals surface area contributed by atoms with Crippen LogP contribution in [0, 0.1) is 6.92 Å². The van der Waals surface area contributed by atoms with E-state index in [9.17, 15) is 4.79 Å². The zero-order valence-corrected chi connectivity index (χ0v) is 12.1. The molecule has 3 unspecified atom stereocenters. The highest BCUT2D eigenvalue weighted by Crippen LogP contribution is 2.13. The van der Waals surface area contributed by atoms with Crippen molar-refractivity contribution in [3.05, 3.63) is 12.2 Å². The first-order valence-electron chi connectivity index (χ1n) is 6.31. The van der Waals surface area contributed by atoms with Gasteiger partial charge in [0.2, 0.25) is 0 Å². The van der Waals surface area contributed by atoms with Crippen molar-refractivity contribution < 1.29 is 25.2 Å². The van der Waals surface area contributed by atoms with E-state index in [0.717, 1.165) is 12.7 Å². The lowest BCUT2D eigenvalue weighted by Crippen LogP contribution is -2.51. The molecule has 2 rings (SSSR count). The molecule has 0 saturated heterocycles. The van der Waals surface area contributed by atoms with Crippen molar-refractivity contribution in [2.75, 3.05) is 12.3 Å². The van der Waals surface area contributed by atoms with E-state index in [2.05, 4.69) is 19.9 Å². The Bertz CT molecular complexity index is 629. The van der Waals surface area contributed by atoms with E-state index in [1.165, 1.54) is 6.33 Å². The zero-order valence-electron chi connectivity index (χ0n) is 12.1. The Labute approximate surface area is 125 Å². The van der Waals surface area contributed by atoms with Gasteiger partial charge in [-0.1, -0.05) is 0 Å². The number of nitrogen functional groups attached to an aromatic ring is 1. The highest BCUT2D eigenvalue weighted by Gasteiger charge is 2.37. The Hall–Kier alpha value is -2.14. The number of imidazole rings is 1. The number of aliphatic hydroxyl groups is 4. The van der Waals surface area contributed by atoms with Crippen molar-refractivity contribution in [1.82, 2.24) is 19.9 Å². The van der Waals surface area contributed by atoms with Crippen LogP contribution in [0.4, 0.5) is 5.82 Å². The lowest BCUT2D eigenvalue weighted by atomic mass is 9.94. The summed E-state index contributed by atoms with van der Waals surface area (Å²) in [5.74, 6) is 1.24. The highest BCUT2D eigenvalue weighted by molar-refractivity contribution is 5.80. The quantitative estimate of drug-likeness (QED) is 0.344. The maximum absolute atomic E-state index is 9.97. The fraction of sp³-hybridized carbons (Fsp3) is 0.500. The number of nitrogens with zero attached hydrogens (tertiary/aromatic N) is 3. The van der Waals surface area contributed by atoms with E-state index < -0.39 is 24.4 Å². The number of aldehydes is 1. The maximum Gasteiger partial charge on any atom is 0.183 e. The maximum atomic E-state index is 9.97.